The number of thiocarbonyl (C=S) groups is 1. The Balaban J connectivity index is 2.99. The molecule has 30 valence electrons. The van der Waals surface area contributed by atoms with Crippen molar-refractivity contribution in [1.82, 2.24) is 9.96 Å². The van der Waals surface area contributed by atoms with Gasteiger partial charge in [0.15, 0.2) is 20.8 Å². The fraction of sp³-hybridized carbons (Fsp3) is 0. The molecule has 6 heavy (non-hydrogen) atoms. The minimum Gasteiger partial charge on any atom is -0.391 e. The molecule has 0 aliphatic heterocycles. The van der Waals surface area contributed by atoms with Gasteiger partial charge in [0.05, 0.1) is 0 Å². The zero-order valence-corrected chi connectivity index (χ0v) is 5.72. The van der Waals surface area contributed by atoms with Gasteiger partial charge in [-0.05, 0) is 12.2 Å². The van der Waals surface area contributed by atoms with E-state index in [2.05, 4.69) is 43.0 Å². The van der Waals surface area contributed by atoms with Crippen LogP contribution in [0.25, 0.3) is 0 Å². The van der Waals surface area contributed by atoms with Gasteiger partial charge in [-0.1, -0.05) is 0 Å². The minimum absolute atomic E-state index is 0.503. The second-order valence-corrected chi connectivity index (χ2v) is 1.49. The van der Waals surface area contributed by atoms with Gasteiger partial charge < -0.3 is 9.96 Å². The number of nitrogens with one attached hydrogen (secondary N) is 2. The first-order valence-corrected chi connectivity index (χ1v) is 2.61. The SMILES string of the molecule is [Si]NC(=S)N[Si]. The molecule has 0 unspecified atom stereocenters. The van der Waals surface area contributed by atoms with E-state index in [1.165, 1.54) is 0 Å². The van der Waals surface area contributed by atoms with Crippen LogP contribution < -0.4 is 9.96 Å². The highest BCUT2D eigenvalue weighted by atomic mass is 32.1. The lowest BCUT2D eigenvalue weighted by Gasteiger charge is -1.95. The maximum atomic E-state index is 4.54. The van der Waals surface area contributed by atoms with Crippen molar-refractivity contribution in [1.29, 1.82) is 0 Å². The van der Waals surface area contributed by atoms with Crippen LogP contribution in [-0.4, -0.2) is 25.9 Å². The highest BCUT2D eigenvalue weighted by Gasteiger charge is 1.76. The lowest BCUT2D eigenvalue weighted by molar-refractivity contribution is 1.38. The monoisotopic (exact) mass is 130 g/mol. The van der Waals surface area contributed by atoms with Crippen molar-refractivity contribution in [2.45, 2.75) is 0 Å². The molecule has 0 atom stereocenters. The fourth-order valence-corrected chi connectivity index (χ4v) is 0.281. The first-order valence-electron chi connectivity index (χ1n) is 1.20. The van der Waals surface area contributed by atoms with E-state index in [4.69, 9.17) is 0 Å². The maximum Gasteiger partial charge on any atom is 0.188 e. The Morgan fingerprint density at radius 1 is 1.33 bits per heavy atom. The van der Waals surface area contributed by atoms with E-state index in [9.17, 15) is 0 Å². The summed E-state index contributed by atoms with van der Waals surface area (Å²) in [4.78, 5) is 4.98. The largest absolute Gasteiger partial charge is 0.391 e. The molecule has 6 radical (unpaired) electrons. The van der Waals surface area contributed by atoms with Gasteiger partial charge in [0.1, 0.15) is 5.11 Å². The average molecular weight is 130 g/mol. The van der Waals surface area contributed by atoms with Gasteiger partial charge >= 0.3 is 0 Å². The van der Waals surface area contributed by atoms with Crippen LogP contribution in [0.3, 0.4) is 0 Å². The van der Waals surface area contributed by atoms with Gasteiger partial charge in [-0.15, -0.1) is 0 Å². The molecule has 2 nitrogen and oxygen atoms in total. The van der Waals surface area contributed by atoms with Crippen molar-refractivity contribution in [2.75, 3.05) is 0 Å². The summed E-state index contributed by atoms with van der Waals surface area (Å²) in [6, 6.07) is 0. The first kappa shape index (κ1) is 6.12. The summed E-state index contributed by atoms with van der Waals surface area (Å²) in [6.45, 7) is 0. The molecule has 0 aliphatic rings. The lowest BCUT2D eigenvalue weighted by Crippen LogP contribution is -2.30. The van der Waals surface area contributed by atoms with Crippen LogP contribution >= 0.6 is 12.2 Å². The van der Waals surface area contributed by atoms with E-state index in [1.54, 1.807) is 0 Å². The summed E-state index contributed by atoms with van der Waals surface area (Å²) in [5.74, 6) is 0. The quantitative estimate of drug-likeness (QED) is 0.312. The Hall–Kier alpha value is 0.124. The molecule has 0 rings (SSSR count). The lowest BCUT2D eigenvalue weighted by atomic mass is 11.2. The van der Waals surface area contributed by atoms with Crippen molar-refractivity contribution in [3.63, 3.8) is 0 Å². The Labute approximate surface area is 48.7 Å². The highest BCUT2D eigenvalue weighted by Crippen LogP contribution is 1.50. The molecule has 0 amide bonds. The van der Waals surface area contributed by atoms with Gasteiger partial charge in [-0.25, -0.2) is 0 Å². The zero-order valence-electron chi connectivity index (χ0n) is 2.91. The molecular weight excluding hydrogens is 128 g/mol. The Morgan fingerprint density at radius 3 is 1.67 bits per heavy atom. The third-order valence-electron chi connectivity index (χ3n) is 0.227. The molecule has 0 aromatic heterocycles. The number of rotatable bonds is 0. The van der Waals surface area contributed by atoms with Crippen molar-refractivity contribution in [3.05, 3.63) is 0 Å². The van der Waals surface area contributed by atoms with Crippen molar-refractivity contribution < 1.29 is 0 Å². The Bertz CT molecular complexity index is 49.5. The average Bonchev–Trinajstić information content (AvgIpc) is 1.65. The second kappa shape index (κ2) is 3.32. The van der Waals surface area contributed by atoms with Crippen molar-refractivity contribution in [3.8, 4) is 0 Å². The summed E-state index contributed by atoms with van der Waals surface area (Å²) < 4.78 is 0. The smallest absolute Gasteiger partial charge is 0.188 e. The Kier molecular flexibility index (Phi) is 3.39. The molecule has 0 aromatic carbocycles. The molecule has 0 saturated heterocycles. The summed E-state index contributed by atoms with van der Waals surface area (Å²) in [5, 5.41) is 0.503. The van der Waals surface area contributed by atoms with Gasteiger partial charge in [0, 0.05) is 0 Å². The van der Waals surface area contributed by atoms with Crippen LogP contribution in [-0.2, 0) is 0 Å². The summed E-state index contributed by atoms with van der Waals surface area (Å²) in [6.07, 6.45) is 0. The van der Waals surface area contributed by atoms with Crippen LogP contribution in [0.5, 0.6) is 0 Å². The van der Waals surface area contributed by atoms with Gasteiger partial charge in [0.25, 0.3) is 0 Å². The highest BCUT2D eigenvalue weighted by molar-refractivity contribution is 7.80. The molecule has 0 heterocycles. The molecule has 0 aliphatic carbocycles. The van der Waals surface area contributed by atoms with Crippen LogP contribution in [0.15, 0.2) is 0 Å². The van der Waals surface area contributed by atoms with E-state index in [0.29, 0.717) is 5.11 Å². The standard InChI is InChI=1S/CH2N2SSi2/c4-1(2-5)3-6/h(H2,2,3,4). The van der Waals surface area contributed by atoms with Crippen LogP contribution in [0.1, 0.15) is 0 Å². The molecule has 0 bridgehead atoms. The third kappa shape index (κ3) is 2.37. The molecule has 0 spiro atoms. The number of hydrogen-bond donors (Lipinski definition) is 2. The van der Waals surface area contributed by atoms with E-state index >= 15 is 0 Å². The van der Waals surface area contributed by atoms with E-state index in [-0.39, 0.29) is 0 Å². The topological polar surface area (TPSA) is 24.1 Å². The number of hydrogen-bond acceptors (Lipinski definition) is 1. The molecule has 2 N–H and O–H groups in total. The minimum atomic E-state index is 0.503. The molecule has 0 fully saturated rings. The third-order valence-corrected chi connectivity index (χ3v) is 1.29. The summed E-state index contributed by atoms with van der Waals surface area (Å²) in [7, 11) is 5.86. The van der Waals surface area contributed by atoms with Crippen molar-refractivity contribution in [2.24, 2.45) is 0 Å². The van der Waals surface area contributed by atoms with Gasteiger partial charge in [-0.3, -0.25) is 0 Å². The molecular formula is CH2N2SSi2. The van der Waals surface area contributed by atoms with Crippen molar-refractivity contribution >= 4 is 38.1 Å². The van der Waals surface area contributed by atoms with Gasteiger partial charge in [0.2, 0.25) is 0 Å². The molecule has 0 aromatic rings. The van der Waals surface area contributed by atoms with E-state index in [1.807, 2.05) is 0 Å². The van der Waals surface area contributed by atoms with Gasteiger partial charge in [-0.2, -0.15) is 0 Å². The van der Waals surface area contributed by atoms with Crippen LogP contribution in [0.4, 0.5) is 0 Å². The molecule has 5 heteroatoms. The maximum absolute atomic E-state index is 4.54. The first-order chi connectivity index (χ1) is 2.81. The Morgan fingerprint density at radius 2 is 1.67 bits per heavy atom. The molecule has 0 saturated carbocycles. The second-order valence-electron chi connectivity index (χ2n) is 0.579. The normalized spacial score (nSPS) is 7.00. The predicted octanol–water partition coefficient (Wildman–Crippen LogP) is -1.38. The van der Waals surface area contributed by atoms with Crippen LogP contribution in [0.2, 0.25) is 0 Å². The fourth-order valence-electron chi connectivity index (χ4n) is 0.0312. The summed E-state index contributed by atoms with van der Waals surface area (Å²) >= 11 is 4.54. The predicted molar refractivity (Wildman–Crippen MR) is 30.4 cm³/mol. The van der Waals surface area contributed by atoms with E-state index in [0.717, 1.165) is 0 Å². The van der Waals surface area contributed by atoms with Crippen LogP contribution in [0, 0.1) is 0 Å². The van der Waals surface area contributed by atoms with E-state index < -0.39 is 0 Å². The zero-order chi connectivity index (χ0) is 4.99. The summed E-state index contributed by atoms with van der Waals surface area (Å²) in [5.41, 5.74) is 0.